The van der Waals surface area contributed by atoms with E-state index in [0.717, 1.165) is 15.6 Å². The summed E-state index contributed by atoms with van der Waals surface area (Å²) < 4.78 is 25.8. The van der Waals surface area contributed by atoms with Gasteiger partial charge in [0, 0.05) is 23.1 Å². The number of rotatable bonds is 11. The number of fused-ring (bicyclic) bond motifs is 1. The van der Waals surface area contributed by atoms with Crippen LogP contribution in [0, 0.1) is 0 Å². The molecule has 0 unspecified atom stereocenters. The minimum absolute atomic E-state index is 0.186. The lowest BCUT2D eigenvalue weighted by molar-refractivity contribution is -0.127. The van der Waals surface area contributed by atoms with E-state index < -0.39 is 6.04 Å². The summed E-state index contributed by atoms with van der Waals surface area (Å²) >= 11 is 4.91. The molecule has 1 aromatic heterocycles. The lowest BCUT2D eigenvalue weighted by Crippen LogP contribution is -2.43. The molecule has 0 bridgehead atoms. The fourth-order valence-corrected chi connectivity index (χ4v) is 6.91. The van der Waals surface area contributed by atoms with Gasteiger partial charge in [0.1, 0.15) is 24.1 Å². The van der Waals surface area contributed by atoms with Crippen LogP contribution in [0.25, 0.3) is 6.08 Å². The van der Waals surface area contributed by atoms with Gasteiger partial charge in [-0.25, -0.2) is 4.99 Å². The third kappa shape index (κ3) is 6.47. The minimum atomic E-state index is -0.789. The van der Waals surface area contributed by atoms with Gasteiger partial charge < -0.3 is 23.8 Å². The molecule has 11 heteroatoms. The van der Waals surface area contributed by atoms with Crippen LogP contribution in [0.1, 0.15) is 43.5 Å². The zero-order chi connectivity index (χ0) is 33.0. The number of carbonyl (C=O) groups excluding carboxylic acids is 1. The average molecular weight is 707 g/mol. The quantitative estimate of drug-likeness (QED) is 0.206. The van der Waals surface area contributed by atoms with Gasteiger partial charge in [-0.1, -0.05) is 57.6 Å². The van der Waals surface area contributed by atoms with Crippen LogP contribution in [-0.2, 0) is 11.4 Å². The number of benzene rings is 3. The van der Waals surface area contributed by atoms with Gasteiger partial charge in [-0.05, 0) is 68.3 Å². The van der Waals surface area contributed by atoms with Gasteiger partial charge >= 0.3 is 0 Å². The number of amides is 1. The SMILES string of the molecule is CCN(CC)C(=O)C1=C(C)N=c2s/c(=C/c3cc(OC)c(OCc4ccccc4)cc3Br)c(=O)n2[C@@H]1c1cc(OC)ccc1OC. The van der Waals surface area contributed by atoms with Crippen LogP contribution in [0.5, 0.6) is 23.0 Å². The molecule has 1 atom stereocenters. The molecule has 1 aliphatic rings. The number of nitrogens with zero attached hydrogens (tertiary/aromatic N) is 3. The highest BCUT2D eigenvalue weighted by Crippen LogP contribution is 2.38. The van der Waals surface area contributed by atoms with Crippen LogP contribution in [-0.4, -0.2) is 49.8 Å². The number of carbonyl (C=O) groups is 1. The first-order valence-corrected chi connectivity index (χ1v) is 16.4. The van der Waals surface area contributed by atoms with Gasteiger partial charge in [0.25, 0.3) is 11.5 Å². The summed E-state index contributed by atoms with van der Waals surface area (Å²) in [5, 5.41) is 0. The van der Waals surface area contributed by atoms with Crippen molar-refractivity contribution in [1.82, 2.24) is 9.47 Å². The van der Waals surface area contributed by atoms with Crippen molar-refractivity contribution >= 4 is 39.2 Å². The Morgan fingerprint density at radius 3 is 2.35 bits per heavy atom. The summed E-state index contributed by atoms with van der Waals surface area (Å²) in [5.74, 6) is 2.01. The summed E-state index contributed by atoms with van der Waals surface area (Å²) in [7, 11) is 4.72. The lowest BCUT2D eigenvalue weighted by Gasteiger charge is -2.30. The molecule has 3 aromatic carbocycles. The maximum absolute atomic E-state index is 14.3. The molecule has 240 valence electrons. The summed E-state index contributed by atoms with van der Waals surface area (Å²) in [6.45, 7) is 7.07. The number of thiazole rings is 1. The molecular weight excluding hydrogens is 670 g/mol. The maximum atomic E-state index is 14.3. The average Bonchev–Trinajstić information content (AvgIpc) is 3.38. The smallest absolute Gasteiger partial charge is 0.271 e. The van der Waals surface area contributed by atoms with Gasteiger partial charge in [0.05, 0.1) is 37.1 Å². The zero-order valence-electron chi connectivity index (χ0n) is 26.6. The van der Waals surface area contributed by atoms with Crippen LogP contribution in [0.2, 0.25) is 0 Å². The van der Waals surface area contributed by atoms with E-state index in [-0.39, 0.29) is 11.5 Å². The number of ether oxygens (including phenoxy) is 4. The van der Waals surface area contributed by atoms with Gasteiger partial charge in [-0.15, -0.1) is 0 Å². The summed E-state index contributed by atoms with van der Waals surface area (Å²) in [4.78, 5) is 35.3. The highest BCUT2D eigenvalue weighted by atomic mass is 79.9. The van der Waals surface area contributed by atoms with Crippen LogP contribution >= 0.6 is 27.3 Å². The zero-order valence-corrected chi connectivity index (χ0v) is 29.0. The predicted octanol–water partition coefficient (Wildman–Crippen LogP) is 5.47. The summed E-state index contributed by atoms with van der Waals surface area (Å²) in [6, 6.07) is 18.1. The standard InChI is InChI=1S/C35H36BrN3O6S/c1-7-38(8-2)34(41)31-21(3)37-35-39(32(31)25-18-24(42-4)14-15-27(25)43-5)33(40)30(46-35)17-23-16-28(44-6)29(19-26(23)36)45-20-22-12-10-9-11-13-22/h9-19,32H,7-8,20H2,1-6H3/b30-17+/t32-/m1/s1. The third-order valence-electron chi connectivity index (χ3n) is 7.84. The first-order chi connectivity index (χ1) is 22.2. The molecule has 1 aliphatic heterocycles. The number of hydrogen-bond donors (Lipinski definition) is 0. The van der Waals surface area contributed by atoms with E-state index in [1.807, 2.05) is 69.3 Å². The van der Waals surface area contributed by atoms with Crippen molar-refractivity contribution in [1.29, 1.82) is 0 Å². The van der Waals surface area contributed by atoms with Crippen molar-refractivity contribution in [3.8, 4) is 23.0 Å². The van der Waals surface area contributed by atoms with Crippen LogP contribution in [0.3, 0.4) is 0 Å². The topological polar surface area (TPSA) is 91.6 Å². The molecule has 0 saturated carbocycles. The second-order valence-corrected chi connectivity index (χ2v) is 12.3. The van der Waals surface area contributed by atoms with Crippen molar-refractivity contribution < 1.29 is 23.7 Å². The van der Waals surface area contributed by atoms with Crippen molar-refractivity contribution in [2.45, 2.75) is 33.4 Å². The van der Waals surface area contributed by atoms with Gasteiger partial charge in [-0.2, -0.15) is 0 Å². The number of likely N-dealkylation sites (N-methyl/N-ethyl adjacent to an activating group) is 1. The first-order valence-electron chi connectivity index (χ1n) is 14.8. The lowest BCUT2D eigenvalue weighted by atomic mass is 9.93. The molecule has 2 heterocycles. The van der Waals surface area contributed by atoms with Crippen LogP contribution < -0.4 is 33.8 Å². The van der Waals surface area contributed by atoms with Crippen LogP contribution in [0.15, 0.2) is 86.2 Å². The number of aromatic nitrogens is 1. The highest BCUT2D eigenvalue weighted by Gasteiger charge is 2.36. The Balaban J connectivity index is 1.66. The van der Waals surface area contributed by atoms with Crippen LogP contribution in [0.4, 0.5) is 0 Å². The largest absolute Gasteiger partial charge is 0.497 e. The molecule has 0 spiro atoms. The normalized spacial score (nSPS) is 14.4. The Hall–Kier alpha value is -4.35. The Morgan fingerprint density at radius 2 is 1.70 bits per heavy atom. The van der Waals surface area contributed by atoms with E-state index in [1.54, 1.807) is 49.0 Å². The fourth-order valence-electron chi connectivity index (χ4n) is 5.43. The number of halogens is 1. The van der Waals surface area contributed by atoms with Gasteiger partial charge in [-0.3, -0.25) is 14.2 Å². The third-order valence-corrected chi connectivity index (χ3v) is 9.51. The Kier molecular flexibility index (Phi) is 10.3. The summed E-state index contributed by atoms with van der Waals surface area (Å²) in [6.07, 6.45) is 1.79. The van der Waals surface area contributed by atoms with Crippen molar-refractivity contribution in [3.63, 3.8) is 0 Å². The van der Waals surface area contributed by atoms with Gasteiger partial charge in [0.15, 0.2) is 16.3 Å². The molecular formula is C35H36BrN3O6S. The second-order valence-electron chi connectivity index (χ2n) is 10.5. The van der Waals surface area contributed by atoms with E-state index in [9.17, 15) is 9.59 Å². The van der Waals surface area contributed by atoms with Crippen molar-refractivity contribution in [2.75, 3.05) is 34.4 Å². The molecule has 4 aromatic rings. The molecule has 0 aliphatic carbocycles. The fraction of sp³-hybridized carbons (Fsp3) is 0.286. The van der Waals surface area contributed by atoms with Crippen molar-refractivity contribution in [2.24, 2.45) is 4.99 Å². The summed E-state index contributed by atoms with van der Waals surface area (Å²) in [5.41, 5.74) is 3.05. The number of allylic oxidation sites excluding steroid dienone is 1. The molecule has 0 fully saturated rings. The molecule has 0 radical (unpaired) electrons. The van der Waals surface area contributed by atoms with Gasteiger partial charge in [0.2, 0.25) is 0 Å². The Labute approximate surface area is 280 Å². The predicted molar refractivity (Wildman–Crippen MR) is 183 cm³/mol. The Morgan fingerprint density at radius 1 is 0.978 bits per heavy atom. The molecule has 46 heavy (non-hydrogen) atoms. The maximum Gasteiger partial charge on any atom is 0.271 e. The number of methoxy groups -OCH3 is 3. The highest BCUT2D eigenvalue weighted by molar-refractivity contribution is 9.10. The molecule has 5 rings (SSSR count). The minimum Gasteiger partial charge on any atom is -0.497 e. The molecule has 0 N–H and O–H groups in total. The monoisotopic (exact) mass is 705 g/mol. The number of hydrogen-bond acceptors (Lipinski definition) is 8. The van der Waals surface area contributed by atoms with E-state index in [4.69, 9.17) is 23.9 Å². The Bertz CT molecular complexity index is 1960. The van der Waals surface area contributed by atoms with Crippen molar-refractivity contribution in [3.05, 3.63) is 113 Å². The first kappa shape index (κ1) is 33.0. The van der Waals surface area contributed by atoms with E-state index in [2.05, 4.69) is 15.9 Å². The van der Waals surface area contributed by atoms with E-state index in [0.29, 0.717) is 68.9 Å². The van der Waals surface area contributed by atoms with E-state index >= 15 is 0 Å². The van der Waals surface area contributed by atoms with E-state index in [1.165, 1.54) is 11.3 Å². The molecule has 1 amide bonds. The molecule has 0 saturated heterocycles. The second kappa shape index (κ2) is 14.4. The molecule has 9 nitrogen and oxygen atoms in total.